The number of hydrogen-bond donors (Lipinski definition) is 6. The van der Waals surface area contributed by atoms with E-state index >= 15 is 0 Å². The monoisotopic (exact) mass is 1380 g/mol. The molecule has 3 aromatic carbocycles. The summed E-state index contributed by atoms with van der Waals surface area (Å²) in [7, 11) is 0. The second kappa shape index (κ2) is 27.5. The van der Waals surface area contributed by atoms with Gasteiger partial charge in [0.15, 0.2) is 34.5 Å². The minimum Gasteiger partial charge on any atom is -0.503 e. The summed E-state index contributed by atoms with van der Waals surface area (Å²) in [6, 6.07) is 6.16. The third-order valence-electron chi connectivity index (χ3n) is 13.3. The molecular formula is C53H43Cl6F9N6O9S3. The van der Waals surface area contributed by atoms with Gasteiger partial charge in [0.1, 0.15) is 11.4 Å². The maximum Gasteiger partial charge on any atom is 0.433 e. The molecule has 0 radical (unpaired) electrons. The Hall–Kier alpha value is -5.52. The first-order valence-electron chi connectivity index (χ1n) is 24.7. The summed E-state index contributed by atoms with van der Waals surface area (Å²) in [6.45, 7) is 4.14. The van der Waals surface area contributed by atoms with Gasteiger partial charge < -0.3 is 45.3 Å². The fourth-order valence-electron chi connectivity index (χ4n) is 8.80. The van der Waals surface area contributed by atoms with Gasteiger partial charge in [-0.25, -0.2) is 9.97 Å². The summed E-state index contributed by atoms with van der Waals surface area (Å²) in [5.74, 6) is -4.05. The summed E-state index contributed by atoms with van der Waals surface area (Å²) >= 11 is 39.5. The highest BCUT2D eigenvalue weighted by molar-refractivity contribution is 8.00. The van der Waals surface area contributed by atoms with Crippen LogP contribution >= 0.6 is 105 Å². The number of phenols is 6. The lowest BCUT2D eigenvalue weighted by molar-refractivity contribution is -0.142. The van der Waals surface area contributed by atoms with Gasteiger partial charge in [0, 0.05) is 61.0 Å². The van der Waals surface area contributed by atoms with Gasteiger partial charge in [0.05, 0.1) is 63.7 Å². The molecule has 86 heavy (non-hydrogen) atoms. The molecule has 3 aromatic heterocycles. The molecule has 6 heterocycles. The normalized spacial score (nSPS) is 14.1. The van der Waals surface area contributed by atoms with Crippen molar-refractivity contribution < 1.29 is 84.5 Å². The smallest absolute Gasteiger partial charge is 0.433 e. The van der Waals surface area contributed by atoms with Crippen molar-refractivity contribution in [3.05, 3.63) is 134 Å². The van der Waals surface area contributed by atoms with Crippen molar-refractivity contribution in [1.82, 2.24) is 29.7 Å². The standard InChI is InChI=1S/2C18H15Cl2F3N2O3S.C17H13Cl2F3N2O3S/c1-8-4-9(18(21,22)23)5-12(24-8)29-7-13(26)25-3-2-10-11(6-25)15(20)17(28)16(27)14(10)19;1-8-11(2-3-12(24-8)18(21,22)23)29-7-13(26)25-5-4-9-10(6-25)15(20)17(28)16(27)14(9)19;18-13-9-3-4-24(6-10(9)14(19)16(27)15(13)26)12(25)7-28-8-1-2-11(23-5-8)17(20,21)22/h4-5,27-28H,2-3,6-7H2,1H3;2-3,27-28H,4-7H2,1H3;1-2,5,26-27H,3-4,6-7H2. The van der Waals surface area contributed by atoms with Crippen LogP contribution in [0.25, 0.3) is 0 Å². The first kappa shape index (κ1) is 68.0. The number of amides is 3. The van der Waals surface area contributed by atoms with Crippen LogP contribution in [-0.2, 0) is 71.8 Å². The van der Waals surface area contributed by atoms with Crippen LogP contribution in [0.1, 0.15) is 61.7 Å². The minimum absolute atomic E-state index is 0.00135. The Balaban J connectivity index is 0.000000185. The van der Waals surface area contributed by atoms with Gasteiger partial charge in [-0.2, -0.15) is 39.5 Å². The molecule has 33 heteroatoms. The minimum atomic E-state index is -4.52. The molecule has 0 unspecified atom stereocenters. The zero-order valence-electron chi connectivity index (χ0n) is 44.0. The molecule has 0 atom stereocenters. The number of rotatable bonds is 9. The summed E-state index contributed by atoms with van der Waals surface area (Å²) in [4.78, 5) is 54.0. The largest absolute Gasteiger partial charge is 0.503 e. The number of aryl methyl sites for hydroxylation is 2. The molecule has 15 nitrogen and oxygen atoms in total. The zero-order valence-corrected chi connectivity index (χ0v) is 51.0. The first-order valence-corrected chi connectivity index (χ1v) is 29.9. The Morgan fingerprint density at radius 1 is 0.488 bits per heavy atom. The predicted octanol–water partition coefficient (Wildman–Crippen LogP) is 14.1. The van der Waals surface area contributed by atoms with Gasteiger partial charge in [-0.1, -0.05) is 81.4 Å². The summed E-state index contributed by atoms with van der Waals surface area (Å²) in [6.07, 6.45) is -11.4. The Morgan fingerprint density at radius 3 is 1.22 bits per heavy atom. The lowest BCUT2D eigenvalue weighted by Gasteiger charge is -2.30. The Labute approximate surface area is 525 Å². The van der Waals surface area contributed by atoms with E-state index in [1.165, 1.54) is 40.7 Å². The number of nitrogens with zero attached hydrogens (tertiary/aromatic N) is 6. The average molecular weight is 1390 g/mol. The molecule has 3 aliphatic rings. The average Bonchev–Trinajstić information content (AvgIpc) is 1.21. The van der Waals surface area contributed by atoms with Gasteiger partial charge in [0.2, 0.25) is 17.7 Å². The van der Waals surface area contributed by atoms with Gasteiger partial charge in [-0.05, 0) is 103 Å². The number of benzene rings is 3. The molecule has 0 saturated heterocycles. The van der Waals surface area contributed by atoms with Crippen molar-refractivity contribution in [2.24, 2.45) is 0 Å². The van der Waals surface area contributed by atoms with Crippen LogP contribution in [0.5, 0.6) is 34.5 Å². The first-order chi connectivity index (χ1) is 40.1. The topological polar surface area (TPSA) is 221 Å². The fourth-order valence-corrected chi connectivity index (χ4v) is 13.0. The quantitative estimate of drug-likeness (QED) is 0.0450. The van der Waals surface area contributed by atoms with E-state index in [0.717, 1.165) is 65.7 Å². The van der Waals surface area contributed by atoms with Crippen molar-refractivity contribution in [1.29, 1.82) is 0 Å². The van der Waals surface area contributed by atoms with Gasteiger partial charge >= 0.3 is 18.5 Å². The number of aromatic nitrogens is 3. The highest BCUT2D eigenvalue weighted by Gasteiger charge is 2.36. The van der Waals surface area contributed by atoms with E-state index in [0.29, 0.717) is 82.1 Å². The Kier molecular flexibility index (Phi) is 21.7. The van der Waals surface area contributed by atoms with E-state index in [9.17, 15) is 84.5 Å². The van der Waals surface area contributed by atoms with Crippen LogP contribution in [0.15, 0.2) is 57.4 Å². The van der Waals surface area contributed by atoms with Gasteiger partial charge in [0.25, 0.3) is 0 Å². The number of aromatic hydroxyl groups is 6. The molecule has 0 saturated carbocycles. The Bertz CT molecular complexity index is 3630. The maximum atomic E-state index is 12.9. The third kappa shape index (κ3) is 15.7. The molecule has 3 amide bonds. The molecule has 0 fully saturated rings. The second-order valence-electron chi connectivity index (χ2n) is 18.9. The van der Waals surface area contributed by atoms with Gasteiger partial charge in [-0.3, -0.25) is 19.4 Å². The SMILES string of the molecule is Cc1cc(C(F)(F)F)cc(SCC(=O)N2CCc3c(Cl)c(O)c(O)c(Cl)c3C2)n1.Cc1nc(C(F)(F)F)ccc1SCC(=O)N1CCc2c(Cl)c(O)c(O)c(Cl)c2C1.O=C(CSc1ccc(C(F)(F)F)nc1)N1CCc2c(Cl)c(O)c(O)c(Cl)c2C1. The molecule has 9 rings (SSSR count). The van der Waals surface area contributed by atoms with E-state index in [1.807, 2.05) is 0 Å². The molecule has 0 bridgehead atoms. The lowest BCUT2D eigenvalue weighted by Crippen LogP contribution is -2.37. The van der Waals surface area contributed by atoms with Crippen molar-refractivity contribution >= 4 is 123 Å². The highest BCUT2D eigenvalue weighted by atomic mass is 35.5. The number of fused-ring (bicyclic) bond motifs is 3. The molecule has 6 aromatic rings. The van der Waals surface area contributed by atoms with E-state index in [2.05, 4.69) is 15.0 Å². The molecule has 0 spiro atoms. The maximum absolute atomic E-state index is 12.9. The van der Waals surface area contributed by atoms with Crippen LogP contribution < -0.4 is 0 Å². The van der Waals surface area contributed by atoms with Crippen LogP contribution in [0.2, 0.25) is 30.1 Å². The highest BCUT2D eigenvalue weighted by Crippen LogP contribution is 2.49. The molecule has 3 aliphatic heterocycles. The molecule has 462 valence electrons. The van der Waals surface area contributed by atoms with Crippen LogP contribution in [0.3, 0.4) is 0 Å². The number of thioether (sulfide) groups is 3. The van der Waals surface area contributed by atoms with Crippen molar-refractivity contribution in [3.8, 4) is 34.5 Å². The van der Waals surface area contributed by atoms with E-state index < -0.39 is 70.0 Å². The van der Waals surface area contributed by atoms with Crippen molar-refractivity contribution in [3.63, 3.8) is 0 Å². The fraction of sp³-hybridized carbons (Fsp3) is 0.321. The number of hydrogen-bond acceptors (Lipinski definition) is 15. The van der Waals surface area contributed by atoms with E-state index in [1.54, 1.807) is 0 Å². The summed E-state index contributed by atoms with van der Waals surface area (Å²) in [5.41, 5.74) is 0.671. The summed E-state index contributed by atoms with van der Waals surface area (Å²) in [5, 5.41) is 58.8. The van der Waals surface area contributed by atoms with E-state index in [-0.39, 0.29) is 101 Å². The predicted molar refractivity (Wildman–Crippen MR) is 306 cm³/mol. The number of pyridine rings is 3. The Morgan fingerprint density at radius 2 is 0.860 bits per heavy atom. The van der Waals surface area contributed by atoms with Crippen LogP contribution in [-0.4, -0.2) is 115 Å². The number of phenolic OH excluding ortho intramolecular Hbond substituents is 6. The second-order valence-corrected chi connectivity index (χ2v) is 24.2. The number of halogens is 15. The third-order valence-corrected chi connectivity index (χ3v) is 18.7. The van der Waals surface area contributed by atoms with Crippen LogP contribution in [0.4, 0.5) is 39.5 Å². The van der Waals surface area contributed by atoms with E-state index in [4.69, 9.17) is 69.6 Å². The number of carbonyl (C=O) groups excluding carboxylic acids is 3. The van der Waals surface area contributed by atoms with Crippen LogP contribution in [0, 0.1) is 13.8 Å². The van der Waals surface area contributed by atoms with Crippen molar-refractivity contribution in [2.75, 3.05) is 36.9 Å². The van der Waals surface area contributed by atoms with Crippen molar-refractivity contribution in [2.45, 2.75) is 86.1 Å². The molecular weight excluding hydrogens is 1340 g/mol. The molecule has 6 N–H and O–H groups in total. The summed E-state index contributed by atoms with van der Waals surface area (Å²) < 4.78 is 115. The zero-order chi connectivity index (χ0) is 63.7. The van der Waals surface area contributed by atoms with Gasteiger partial charge in [-0.15, -0.1) is 23.5 Å². The number of carbonyl (C=O) groups is 3. The number of alkyl halides is 9. The lowest BCUT2D eigenvalue weighted by atomic mass is 9.98. The molecule has 0 aliphatic carbocycles.